The fraction of sp³-hybridized carbons (Fsp3) is 0.667. The third-order valence-corrected chi connectivity index (χ3v) is 3.65. The van der Waals surface area contributed by atoms with Crippen LogP contribution >= 0.6 is 24.0 Å². The van der Waals surface area contributed by atoms with Gasteiger partial charge in [-0.15, -0.1) is 24.0 Å². The molecule has 0 amide bonds. The lowest BCUT2D eigenvalue weighted by Gasteiger charge is -2.15. The quantitative estimate of drug-likeness (QED) is 0.322. The molecule has 124 valence electrons. The molecule has 0 radical (unpaired) electrons. The van der Waals surface area contributed by atoms with Crippen LogP contribution in [-0.2, 0) is 13.6 Å². The molecule has 1 aliphatic rings. The highest BCUT2D eigenvalue weighted by Crippen LogP contribution is 2.19. The van der Waals surface area contributed by atoms with Gasteiger partial charge in [-0.1, -0.05) is 11.6 Å². The van der Waals surface area contributed by atoms with Crippen LogP contribution in [0, 0.1) is 0 Å². The average Bonchev–Trinajstić information content (AvgIpc) is 2.91. The van der Waals surface area contributed by atoms with Crippen molar-refractivity contribution < 1.29 is 0 Å². The molecule has 0 saturated carbocycles. The summed E-state index contributed by atoms with van der Waals surface area (Å²) < 4.78 is 1.75. The van der Waals surface area contributed by atoms with Gasteiger partial charge in [-0.25, -0.2) is 9.98 Å². The van der Waals surface area contributed by atoms with Gasteiger partial charge in [0.15, 0.2) is 5.96 Å². The van der Waals surface area contributed by atoms with Crippen LogP contribution < -0.4 is 10.6 Å². The van der Waals surface area contributed by atoms with Crippen LogP contribution in [0.1, 0.15) is 44.9 Å². The third-order valence-electron chi connectivity index (χ3n) is 3.65. The number of aliphatic imine (C=N–C) groups is 1. The molecule has 0 spiro atoms. The smallest absolute Gasteiger partial charge is 0.191 e. The molecule has 0 unspecified atom stereocenters. The topological polar surface area (TPSA) is 67.1 Å². The molecular weight excluding hydrogens is 391 g/mol. The number of aromatic nitrogens is 3. The number of aryl methyl sites for hydroxylation is 1. The molecule has 1 heterocycles. The zero-order chi connectivity index (χ0) is 14.9. The van der Waals surface area contributed by atoms with Crippen LogP contribution in [0.4, 0.5) is 0 Å². The number of hydrogen-bond donors (Lipinski definition) is 2. The van der Waals surface area contributed by atoms with E-state index < -0.39 is 0 Å². The third kappa shape index (κ3) is 6.33. The highest BCUT2D eigenvalue weighted by molar-refractivity contribution is 14.0. The standard InChI is InChI=1S/C15H26N6.HI/c1-3-16-15(18-11-14-19-12-20-21(14)2)17-10-9-13-7-5-4-6-8-13;/h7,12H,3-6,8-11H2,1-2H3,(H2,16,17,18);1H. The van der Waals surface area contributed by atoms with Crippen LogP contribution in [-0.4, -0.2) is 33.8 Å². The molecule has 22 heavy (non-hydrogen) atoms. The first kappa shape index (κ1) is 18.9. The van der Waals surface area contributed by atoms with Crippen LogP contribution in [0.2, 0.25) is 0 Å². The maximum Gasteiger partial charge on any atom is 0.191 e. The van der Waals surface area contributed by atoms with Gasteiger partial charge in [-0.3, -0.25) is 4.68 Å². The fourth-order valence-electron chi connectivity index (χ4n) is 2.43. The second-order valence-electron chi connectivity index (χ2n) is 5.28. The summed E-state index contributed by atoms with van der Waals surface area (Å²) in [7, 11) is 1.88. The van der Waals surface area contributed by atoms with Crippen LogP contribution in [0.25, 0.3) is 0 Å². The molecule has 0 aromatic carbocycles. The van der Waals surface area contributed by atoms with E-state index in [2.05, 4.69) is 38.7 Å². The molecule has 2 rings (SSSR count). The lowest BCUT2D eigenvalue weighted by Crippen LogP contribution is -2.38. The highest BCUT2D eigenvalue weighted by atomic mass is 127. The van der Waals surface area contributed by atoms with E-state index in [0.29, 0.717) is 6.54 Å². The monoisotopic (exact) mass is 418 g/mol. The van der Waals surface area contributed by atoms with Crippen LogP contribution in [0.5, 0.6) is 0 Å². The second kappa shape index (κ2) is 10.6. The van der Waals surface area contributed by atoms with Crippen LogP contribution in [0.3, 0.4) is 0 Å². The van der Waals surface area contributed by atoms with Gasteiger partial charge in [0.2, 0.25) is 0 Å². The minimum absolute atomic E-state index is 0. The van der Waals surface area contributed by atoms with Crippen molar-refractivity contribution in [3.8, 4) is 0 Å². The molecule has 1 aliphatic carbocycles. The molecule has 2 N–H and O–H groups in total. The molecule has 0 aliphatic heterocycles. The second-order valence-corrected chi connectivity index (χ2v) is 5.28. The Hall–Kier alpha value is -1.12. The first-order valence-electron chi connectivity index (χ1n) is 7.82. The van der Waals surface area contributed by atoms with E-state index in [0.717, 1.165) is 31.3 Å². The van der Waals surface area contributed by atoms with Gasteiger partial charge in [0, 0.05) is 20.1 Å². The van der Waals surface area contributed by atoms with E-state index in [1.54, 1.807) is 16.6 Å². The van der Waals surface area contributed by atoms with Gasteiger partial charge in [-0.05, 0) is 39.0 Å². The predicted molar refractivity (Wildman–Crippen MR) is 100 cm³/mol. The molecule has 1 aromatic heterocycles. The Balaban J connectivity index is 0.00000242. The number of hydrogen-bond acceptors (Lipinski definition) is 3. The number of nitrogens with zero attached hydrogens (tertiary/aromatic N) is 4. The molecular formula is C15H27IN6. The summed E-state index contributed by atoms with van der Waals surface area (Å²) >= 11 is 0. The Kier molecular flexibility index (Phi) is 9.10. The summed E-state index contributed by atoms with van der Waals surface area (Å²) in [6, 6.07) is 0. The normalized spacial score (nSPS) is 15.0. The lowest BCUT2D eigenvalue weighted by molar-refractivity contribution is 0.664. The molecule has 1 aromatic rings. The largest absolute Gasteiger partial charge is 0.357 e. The van der Waals surface area contributed by atoms with E-state index in [9.17, 15) is 0 Å². The number of rotatable bonds is 6. The van der Waals surface area contributed by atoms with Crippen molar-refractivity contribution in [1.29, 1.82) is 0 Å². The van der Waals surface area contributed by atoms with E-state index in [4.69, 9.17) is 0 Å². The van der Waals surface area contributed by atoms with Crippen molar-refractivity contribution in [1.82, 2.24) is 25.4 Å². The van der Waals surface area contributed by atoms with Crippen molar-refractivity contribution in [3.63, 3.8) is 0 Å². The summed E-state index contributed by atoms with van der Waals surface area (Å²) in [5.74, 6) is 1.71. The lowest BCUT2D eigenvalue weighted by atomic mass is 9.97. The Morgan fingerprint density at radius 3 is 2.86 bits per heavy atom. The molecule has 0 fully saturated rings. The maximum atomic E-state index is 4.55. The Morgan fingerprint density at radius 1 is 1.36 bits per heavy atom. The highest BCUT2D eigenvalue weighted by Gasteiger charge is 2.05. The van der Waals surface area contributed by atoms with Gasteiger partial charge in [-0.2, -0.15) is 5.10 Å². The Labute approximate surface area is 149 Å². The zero-order valence-corrected chi connectivity index (χ0v) is 15.8. The first-order valence-corrected chi connectivity index (χ1v) is 7.82. The number of nitrogens with one attached hydrogen (secondary N) is 2. The predicted octanol–water partition coefficient (Wildman–Crippen LogP) is 2.38. The fourth-order valence-corrected chi connectivity index (χ4v) is 2.43. The van der Waals surface area contributed by atoms with E-state index in [1.165, 1.54) is 25.7 Å². The van der Waals surface area contributed by atoms with Gasteiger partial charge < -0.3 is 10.6 Å². The van der Waals surface area contributed by atoms with E-state index in [1.807, 2.05) is 7.05 Å². The van der Waals surface area contributed by atoms with Gasteiger partial charge in [0.05, 0.1) is 0 Å². The summed E-state index contributed by atoms with van der Waals surface area (Å²) in [5, 5.41) is 10.7. The summed E-state index contributed by atoms with van der Waals surface area (Å²) in [4.78, 5) is 8.73. The van der Waals surface area contributed by atoms with E-state index in [-0.39, 0.29) is 24.0 Å². The van der Waals surface area contributed by atoms with Gasteiger partial charge >= 0.3 is 0 Å². The van der Waals surface area contributed by atoms with Crippen molar-refractivity contribution in [2.45, 2.75) is 45.6 Å². The van der Waals surface area contributed by atoms with Crippen LogP contribution in [0.15, 0.2) is 23.0 Å². The average molecular weight is 418 g/mol. The SMILES string of the molecule is CCNC(=NCc1ncnn1C)NCCC1=CCCCC1.I. The van der Waals surface area contributed by atoms with Crippen molar-refractivity contribution >= 4 is 29.9 Å². The molecule has 0 bridgehead atoms. The Morgan fingerprint density at radius 2 is 2.23 bits per heavy atom. The molecule has 6 nitrogen and oxygen atoms in total. The number of allylic oxidation sites excluding steroid dienone is 1. The number of halogens is 1. The molecule has 0 saturated heterocycles. The van der Waals surface area contributed by atoms with Gasteiger partial charge in [0.25, 0.3) is 0 Å². The van der Waals surface area contributed by atoms with Crippen molar-refractivity contribution in [3.05, 3.63) is 23.8 Å². The first-order chi connectivity index (χ1) is 10.3. The summed E-state index contributed by atoms with van der Waals surface area (Å²) in [5.41, 5.74) is 1.58. The minimum Gasteiger partial charge on any atom is -0.357 e. The van der Waals surface area contributed by atoms with Crippen molar-refractivity contribution in [2.75, 3.05) is 13.1 Å². The molecule has 7 heteroatoms. The Bertz CT molecular complexity index is 494. The number of guanidine groups is 1. The zero-order valence-electron chi connectivity index (χ0n) is 13.5. The molecule has 0 atom stereocenters. The van der Waals surface area contributed by atoms with Gasteiger partial charge in [0.1, 0.15) is 18.7 Å². The minimum atomic E-state index is 0. The van der Waals surface area contributed by atoms with E-state index >= 15 is 0 Å². The summed E-state index contributed by atoms with van der Waals surface area (Å²) in [6.07, 6.45) is 10.2. The maximum absolute atomic E-state index is 4.55. The summed E-state index contributed by atoms with van der Waals surface area (Å²) in [6.45, 7) is 4.39. The van der Waals surface area contributed by atoms with Crippen molar-refractivity contribution in [2.24, 2.45) is 12.0 Å².